The van der Waals surface area contributed by atoms with Crippen molar-refractivity contribution in [2.45, 2.75) is 104 Å². The minimum absolute atomic E-state index is 0.0166. The summed E-state index contributed by atoms with van der Waals surface area (Å²) in [5.74, 6) is 0.973. The third-order valence-electron chi connectivity index (χ3n) is 15.3. The van der Waals surface area contributed by atoms with Gasteiger partial charge in [0.1, 0.15) is 5.82 Å². The van der Waals surface area contributed by atoms with Gasteiger partial charge in [-0.3, -0.25) is 0 Å². The van der Waals surface area contributed by atoms with Gasteiger partial charge in [-0.15, -0.1) is 11.3 Å². The molecule has 12 rings (SSSR count). The molecule has 1 N–H and O–H groups in total. The first-order valence-corrected chi connectivity index (χ1v) is 24.6. The van der Waals surface area contributed by atoms with Crippen molar-refractivity contribution >= 4 is 93.9 Å². The Balaban J connectivity index is 1.23. The number of nitrogens with zero attached hydrogens (tertiary/aromatic N) is 3. The molecule has 4 nitrogen and oxygen atoms in total. The zero-order valence-corrected chi connectivity index (χ0v) is 41.1. The van der Waals surface area contributed by atoms with Crippen LogP contribution in [0.3, 0.4) is 0 Å². The van der Waals surface area contributed by atoms with E-state index in [1.165, 1.54) is 92.0 Å². The molecule has 0 atom stereocenters. The molecule has 1 aliphatic carbocycles. The minimum atomic E-state index is -0.0183. The quantitative estimate of drug-likeness (QED) is 0.179. The van der Waals surface area contributed by atoms with Crippen LogP contribution in [0, 0.1) is 0 Å². The molecule has 0 saturated heterocycles. The average molecular weight is 878 g/mol. The molecule has 7 aromatic carbocycles. The molecule has 6 heteroatoms. The van der Waals surface area contributed by atoms with Crippen molar-refractivity contribution in [3.8, 4) is 28.2 Å². The topological polar surface area (TPSA) is 34.8 Å². The fourth-order valence-corrected chi connectivity index (χ4v) is 12.6. The number of imidazole rings is 1. The Bertz CT molecular complexity index is 3660. The van der Waals surface area contributed by atoms with Crippen LogP contribution in [-0.4, -0.2) is 21.4 Å². The van der Waals surface area contributed by atoms with E-state index in [1.54, 1.807) is 0 Å². The maximum atomic E-state index is 5.33. The first kappa shape index (κ1) is 41.3. The first-order valence-electron chi connectivity index (χ1n) is 23.8. The van der Waals surface area contributed by atoms with E-state index in [0.29, 0.717) is 0 Å². The Morgan fingerprint density at radius 3 is 2.05 bits per heavy atom. The molecule has 10 aromatic rings. The number of hydrogen-bond acceptors (Lipinski definition) is 3. The van der Waals surface area contributed by atoms with Crippen molar-refractivity contribution in [3.63, 3.8) is 0 Å². The molecular formula is C60H58BN4S. The van der Waals surface area contributed by atoms with Crippen LogP contribution >= 0.6 is 11.3 Å². The van der Waals surface area contributed by atoms with Gasteiger partial charge in [-0.25, -0.2) is 4.98 Å². The van der Waals surface area contributed by atoms with Gasteiger partial charge in [-0.2, -0.15) is 0 Å². The summed E-state index contributed by atoms with van der Waals surface area (Å²) in [7, 11) is 4.67. The van der Waals surface area contributed by atoms with E-state index in [1.807, 2.05) is 11.3 Å². The summed E-state index contributed by atoms with van der Waals surface area (Å²) in [6.45, 7) is 23.7. The molecule has 1 radical (unpaired) electrons. The second-order valence-corrected chi connectivity index (χ2v) is 23.8. The second-order valence-electron chi connectivity index (χ2n) is 22.7. The van der Waals surface area contributed by atoms with Crippen LogP contribution in [0.25, 0.3) is 81.2 Å². The molecule has 0 saturated carbocycles. The van der Waals surface area contributed by atoms with E-state index >= 15 is 0 Å². The Kier molecular flexibility index (Phi) is 8.75. The van der Waals surface area contributed by atoms with Crippen molar-refractivity contribution < 1.29 is 0 Å². The lowest BCUT2D eigenvalue weighted by Crippen LogP contribution is -2.37. The van der Waals surface area contributed by atoms with Crippen molar-refractivity contribution in [2.75, 3.05) is 5.32 Å². The summed E-state index contributed by atoms with van der Waals surface area (Å²) in [6.07, 6.45) is 2.30. The summed E-state index contributed by atoms with van der Waals surface area (Å²) in [5.41, 5.74) is 19.9. The van der Waals surface area contributed by atoms with Gasteiger partial charge in [0, 0.05) is 71.7 Å². The van der Waals surface area contributed by atoms with Crippen LogP contribution < -0.4 is 16.2 Å². The molecule has 2 aliphatic rings. The normalized spacial score (nSPS) is 15.4. The Morgan fingerprint density at radius 1 is 0.667 bits per heavy atom. The van der Waals surface area contributed by atoms with E-state index in [-0.39, 0.29) is 21.7 Å². The highest BCUT2D eigenvalue weighted by Crippen LogP contribution is 2.53. The van der Waals surface area contributed by atoms with Crippen LogP contribution in [0.4, 0.5) is 11.4 Å². The maximum absolute atomic E-state index is 5.33. The van der Waals surface area contributed by atoms with E-state index in [0.717, 1.165) is 46.6 Å². The lowest BCUT2D eigenvalue weighted by molar-refractivity contribution is 0.332. The number of aromatic nitrogens is 3. The molecule has 0 fully saturated rings. The van der Waals surface area contributed by atoms with Gasteiger partial charge in [0.05, 0.1) is 16.6 Å². The van der Waals surface area contributed by atoms with Gasteiger partial charge in [0.15, 0.2) is 7.28 Å². The number of fused-ring (bicyclic) bond motifs is 11. The summed E-state index contributed by atoms with van der Waals surface area (Å²) >= 11 is 1.95. The molecule has 0 unspecified atom stereocenters. The summed E-state index contributed by atoms with van der Waals surface area (Å²) in [5, 5.41) is 9.40. The number of thiophene rings is 1. The predicted octanol–water partition coefficient (Wildman–Crippen LogP) is 15.0. The number of aryl methyl sites for hydroxylation is 1. The van der Waals surface area contributed by atoms with Crippen LogP contribution in [-0.2, 0) is 28.7 Å². The van der Waals surface area contributed by atoms with Crippen molar-refractivity contribution in [3.05, 3.63) is 144 Å². The fraction of sp³-hybridized carbons (Fsp3) is 0.283. The number of hydrogen-bond donors (Lipinski definition) is 1. The van der Waals surface area contributed by atoms with Gasteiger partial charge in [0.2, 0.25) is 0 Å². The Labute approximate surface area is 393 Å². The Hall–Kier alpha value is -6.11. The van der Waals surface area contributed by atoms with E-state index < -0.39 is 0 Å². The second kappa shape index (κ2) is 14.0. The van der Waals surface area contributed by atoms with Crippen molar-refractivity contribution in [1.82, 2.24) is 14.1 Å². The Morgan fingerprint density at radius 2 is 1.33 bits per heavy atom. The molecular weight excluding hydrogens is 820 g/mol. The summed E-state index contributed by atoms with van der Waals surface area (Å²) < 4.78 is 7.52. The van der Waals surface area contributed by atoms with Crippen molar-refractivity contribution in [1.29, 1.82) is 0 Å². The van der Waals surface area contributed by atoms with E-state index in [2.05, 4.69) is 219 Å². The summed E-state index contributed by atoms with van der Waals surface area (Å²) in [6, 6.07) is 46.0. The fourth-order valence-electron chi connectivity index (χ4n) is 11.3. The summed E-state index contributed by atoms with van der Waals surface area (Å²) in [4.78, 5) is 5.33. The first-order chi connectivity index (χ1) is 31.4. The molecule has 0 spiro atoms. The third kappa shape index (κ3) is 6.13. The van der Waals surface area contributed by atoms with Crippen LogP contribution in [0.5, 0.6) is 0 Å². The van der Waals surface area contributed by atoms with Crippen LogP contribution in [0.2, 0.25) is 0 Å². The predicted molar refractivity (Wildman–Crippen MR) is 286 cm³/mol. The molecule has 0 bridgehead atoms. The number of rotatable bonds is 4. The zero-order valence-electron chi connectivity index (χ0n) is 40.3. The molecule has 3 aromatic heterocycles. The largest absolute Gasteiger partial charge is 0.355 e. The molecule has 327 valence electrons. The SMILES string of the molecule is Cn1c(-c2ccccc2)nc2cc3c(cc21)-n1c2ccc(C(C)(C)C)cc2c2c4c(sc5ccccc54)c(-c4cc5c(cc4Nc4ccc(C(C)(C)C)cc4)C(C)(C)CCC5(C)C)c(c21)[B]3. The highest BCUT2D eigenvalue weighted by Gasteiger charge is 2.39. The minimum Gasteiger partial charge on any atom is -0.355 e. The monoisotopic (exact) mass is 877 g/mol. The van der Waals surface area contributed by atoms with Crippen LogP contribution in [0.15, 0.2) is 121 Å². The lowest BCUT2D eigenvalue weighted by Gasteiger charge is -2.42. The standard InChI is InChI=1S/C60H58BN4S/c1-57(2,3)35-21-24-37(25-22-35)62-44-31-42-41(59(7,8)27-28-60(42,9)10)30-39(44)52-53-54-50(51-38-19-15-16-20-49(38)66-55(51)52)40-29-36(58(4,5)6)23-26-46(40)65(54)47-33-48-45(32-43(47)61-53)63-56(64(48)11)34-17-13-12-14-18-34/h12-26,29-33,62H,27-28H2,1-11H3. The smallest absolute Gasteiger partial charge is 0.198 e. The van der Waals surface area contributed by atoms with Crippen LogP contribution in [0.1, 0.15) is 104 Å². The van der Waals surface area contributed by atoms with Gasteiger partial charge in [-0.1, -0.05) is 141 Å². The molecule has 4 heterocycles. The van der Waals surface area contributed by atoms with Gasteiger partial charge in [0.25, 0.3) is 0 Å². The molecule has 0 amide bonds. The average Bonchev–Trinajstić information content (AvgIpc) is 3.94. The number of nitrogens with one attached hydrogen (secondary N) is 1. The highest BCUT2D eigenvalue weighted by molar-refractivity contribution is 7.26. The van der Waals surface area contributed by atoms with E-state index in [4.69, 9.17) is 4.98 Å². The maximum Gasteiger partial charge on any atom is 0.198 e. The molecule has 66 heavy (non-hydrogen) atoms. The van der Waals surface area contributed by atoms with E-state index in [9.17, 15) is 0 Å². The third-order valence-corrected chi connectivity index (χ3v) is 16.5. The zero-order chi connectivity index (χ0) is 45.8. The van der Waals surface area contributed by atoms with Crippen molar-refractivity contribution in [2.24, 2.45) is 7.05 Å². The van der Waals surface area contributed by atoms with Gasteiger partial charge >= 0.3 is 0 Å². The highest BCUT2D eigenvalue weighted by atomic mass is 32.1. The number of benzene rings is 7. The van der Waals surface area contributed by atoms with Gasteiger partial charge < -0.3 is 14.5 Å². The van der Waals surface area contributed by atoms with Gasteiger partial charge in [-0.05, 0) is 122 Å². The molecule has 1 aliphatic heterocycles. The lowest BCUT2D eigenvalue weighted by atomic mass is 9.58. The number of anilines is 2.